The van der Waals surface area contributed by atoms with E-state index >= 15 is 0 Å². The van der Waals surface area contributed by atoms with E-state index in [2.05, 4.69) is 15.0 Å². The van der Waals surface area contributed by atoms with Crippen molar-refractivity contribution in [3.8, 4) is 0 Å². The molecule has 1 N–H and O–H groups in total. The van der Waals surface area contributed by atoms with Crippen LogP contribution in [0.4, 0.5) is 5.95 Å². The second-order valence-electron chi connectivity index (χ2n) is 4.65. The molecule has 3 rings (SSSR count). The first kappa shape index (κ1) is 11.4. The number of hydrogen-bond donors (Lipinski definition) is 1. The molecule has 1 aromatic rings. The van der Waals surface area contributed by atoms with Crippen LogP contribution in [0.3, 0.4) is 0 Å². The Morgan fingerprint density at radius 2 is 1.76 bits per heavy atom. The average Bonchev–Trinajstić information content (AvgIpc) is 2.80. The smallest absolute Gasteiger partial charge is 0.230 e. The van der Waals surface area contributed by atoms with Crippen LogP contribution < -0.4 is 4.90 Å². The zero-order valence-corrected chi connectivity index (χ0v) is 10.6. The van der Waals surface area contributed by atoms with Crippen LogP contribution in [-0.2, 0) is 0 Å². The lowest BCUT2D eigenvalue weighted by Gasteiger charge is -2.18. The van der Waals surface area contributed by atoms with E-state index in [-0.39, 0.29) is 16.7 Å². The van der Waals surface area contributed by atoms with Crippen molar-refractivity contribution in [3.63, 3.8) is 0 Å². The van der Waals surface area contributed by atoms with Gasteiger partial charge in [0.1, 0.15) is 0 Å². The normalized spacial score (nSPS) is 31.9. The lowest BCUT2D eigenvalue weighted by molar-refractivity contribution is 0.133. The van der Waals surface area contributed by atoms with Crippen LogP contribution in [0.15, 0.2) is 0 Å². The van der Waals surface area contributed by atoms with E-state index in [1.807, 2.05) is 4.90 Å². The number of anilines is 1. The molecule has 7 heteroatoms. The summed E-state index contributed by atoms with van der Waals surface area (Å²) in [4.78, 5) is 13.9. The van der Waals surface area contributed by atoms with Crippen LogP contribution >= 0.6 is 23.2 Å². The van der Waals surface area contributed by atoms with Crippen molar-refractivity contribution in [1.29, 1.82) is 0 Å². The molecular formula is C10H12Cl2N4O. The van der Waals surface area contributed by atoms with Crippen molar-refractivity contribution in [2.24, 2.45) is 11.8 Å². The molecule has 1 aliphatic carbocycles. The number of fused-ring (bicyclic) bond motifs is 1. The van der Waals surface area contributed by atoms with Crippen LogP contribution in [0, 0.1) is 11.8 Å². The molecule has 0 aromatic carbocycles. The van der Waals surface area contributed by atoms with Gasteiger partial charge in [-0.2, -0.15) is 15.0 Å². The molecule has 2 heterocycles. The summed E-state index contributed by atoms with van der Waals surface area (Å²) in [5, 5.41) is 10.1. The summed E-state index contributed by atoms with van der Waals surface area (Å²) >= 11 is 11.5. The highest BCUT2D eigenvalue weighted by molar-refractivity contribution is 6.31. The topological polar surface area (TPSA) is 62.1 Å². The number of hydrogen-bond acceptors (Lipinski definition) is 5. The van der Waals surface area contributed by atoms with E-state index in [0.717, 1.165) is 25.9 Å². The fourth-order valence-corrected chi connectivity index (χ4v) is 3.21. The lowest BCUT2D eigenvalue weighted by atomic mass is 10.00. The minimum absolute atomic E-state index is 0.109. The van der Waals surface area contributed by atoms with Crippen LogP contribution in [-0.4, -0.2) is 39.3 Å². The van der Waals surface area contributed by atoms with Crippen LogP contribution in [0.1, 0.15) is 12.8 Å². The van der Waals surface area contributed by atoms with Gasteiger partial charge in [-0.05, 0) is 42.0 Å². The fraction of sp³-hybridized carbons (Fsp3) is 0.700. The second kappa shape index (κ2) is 4.23. The van der Waals surface area contributed by atoms with E-state index in [0.29, 0.717) is 17.8 Å². The van der Waals surface area contributed by atoms with Crippen molar-refractivity contribution >= 4 is 29.2 Å². The third-order valence-corrected chi connectivity index (χ3v) is 4.01. The highest BCUT2D eigenvalue weighted by Crippen LogP contribution is 2.39. The van der Waals surface area contributed by atoms with Gasteiger partial charge in [-0.1, -0.05) is 0 Å². The van der Waals surface area contributed by atoms with Gasteiger partial charge < -0.3 is 10.0 Å². The largest absolute Gasteiger partial charge is 0.393 e. The maximum absolute atomic E-state index is 9.84. The Bertz CT molecular complexity index is 424. The van der Waals surface area contributed by atoms with E-state index in [9.17, 15) is 5.11 Å². The maximum Gasteiger partial charge on any atom is 0.230 e. The molecular weight excluding hydrogens is 263 g/mol. The summed E-state index contributed by atoms with van der Waals surface area (Å²) in [5.74, 6) is 1.36. The quantitative estimate of drug-likeness (QED) is 0.839. The molecule has 0 bridgehead atoms. The summed E-state index contributed by atoms with van der Waals surface area (Å²) in [7, 11) is 0. The molecule has 2 fully saturated rings. The molecule has 3 unspecified atom stereocenters. The van der Waals surface area contributed by atoms with Crippen LogP contribution in [0.25, 0.3) is 0 Å². The number of aliphatic hydroxyl groups is 1. The first-order valence-corrected chi connectivity index (χ1v) is 6.39. The van der Waals surface area contributed by atoms with Gasteiger partial charge in [0.05, 0.1) is 6.10 Å². The van der Waals surface area contributed by atoms with E-state index in [1.165, 1.54) is 0 Å². The fourth-order valence-electron chi connectivity index (χ4n) is 2.86. The third-order valence-electron chi connectivity index (χ3n) is 3.67. The first-order chi connectivity index (χ1) is 8.13. The summed E-state index contributed by atoms with van der Waals surface area (Å²) in [6.07, 6.45) is 1.77. The van der Waals surface area contributed by atoms with Crippen molar-refractivity contribution in [1.82, 2.24) is 15.0 Å². The van der Waals surface area contributed by atoms with Gasteiger partial charge in [-0.3, -0.25) is 0 Å². The highest BCUT2D eigenvalue weighted by Gasteiger charge is 2.42. The molecule has 1 saturated heterocycles. The van der Waals surface area contributed by atoms with Gasteiger partial charge in [0.2, 0.25) is 16.5 Å². The van der Waals surface area contributed by atoms with E-state index in [1.54, 1.807) is 0 Å². The molecule has 0 amide bonds. The molecule has 1 saturated carbocycles. The molecule has 3 atom stereocenters. The number of rotatable bonds is 1. The minimum atomic E-state index is -0.196. The number of aliphatic hydroxyl groups excluding tert-OH is 1. The van der Waals surface area contributed by atoms with Gasteiger partial charge in [0, 0.05) is 19.0 Å². The predicted molar refractivity (Wildman–Crippen MR) is 64.3 cm³/mol. The Hall–Kier alpha value is -0.650. The molecule has 17 heavy (non-hydrogen) atoms. The van der Waals surface area contributed by atoms with Crippen LogP contribution in [0.2, 0.25) is 10.6 Å². The number of halogens is 2. The monoisotopic (exact) mass is 274 g/mol. The molecule has 1 aliphatic heterocycles. The zero-order chi connectivity index (χ0) is 12.0. The first-order valence-electron chi connectivity index (χ1n) is 5.63. The third kappa shape index (κ3) is 2.07. The van der Waals surface area contributed by atoms with Gasteiger partial charge in [-0.25, -0.2) is 0 Å². The van der Waals surface area contributed by atoms with E-state index < -0.39 is 0 Å². The van der Waals surface area contributed by atoms with Crippen LogP contribution in [0.5, 0.6) is 0 Å². The summed E-state index contributed by atoms with van der Waals surface area (Å²) in [5.41, 5.74) is 0. The predicted octanol–water partition coefficient (Wildman–Crippen LogP) is 1.39. The van der Waals surface area contributed by atoms with Gasteiger partial charge in [0.15, 0.2) is 0 Å². The maximum atomic E-state index is 9.84. The Morgan fingerprint density at radius 3 is 2.41 bits per heavy atom. The number of nitrogens with zero attached hydrogens (tertiary/aromatic N) is 4. The lowest BCUT2D eigenvalue weighted by Crippen LogP contribution is -2.26. The van der Waals surface area contributed by atoms with Gasteiger partial charge >= 0.3 is 0 Å². The molecule has 92 valence electrons. The standard InChI is InChI=1S/C10H12Cl2N4O/c11-8-13-9(12)15-10(14-8)16-3-5-1-2-7(17)6(5)4-16/h5-7,17H,1-4H2. The zero-order valence-electron chi connectivity index (χ0n) is 9.05. The van der Waals surface area contributed by atoms with Gasteiger partial charge in [-0.15, -0.1) is 0 Å². The van der Waals surface area contributed by atoms with Crippen molar-refractivity contribution in [2.45, 2.75) is 18.9 Å². The molecule has 0 spiro atoms. The Kier molecular flexibility index (Phi) is 2.84. The van der Waals surface area contributed by atoms with E-state index in [4.69, 9.17) is 23.2 Å². The summed E-state index contributed by atoms with van der Waals surface area (Å²) in [6, 6.07) is 0. The van der Waals surface area contributed by atoms with Gasteiger partial charge in [0.25, 0.3) is 0 Å². The molecule has 2 aliphatic rings. The van der Waals surface area contributed by atoms with Crippen molar-refractivity contribution < 1.29 is 5.11 Å². The molecule has 0 radical (unpaired) electrons. The SMILES string of the molecule is OC1CCC2CN(c3nc(Cl)nc(Cl)n3)CC12. The Labute approximate surface area is 109 Å². The summed E-state index contributed by atoms with van der Waals surface area (Å²) < 4.78 is 0. The Morgan fingerprint density at radius 1 is 1.06 bits per heavy atom. The second-order valence-corrected chi connectivity index (χ2v) is 5.32. The molecule has 1 aromatic heterocycles. The van der Waals surface area contributed by atoms with Crippen molar-refractivity contribution in [3.05, 3.63) is 10.6 Å². The summed E-state index contributed by atoms with van der Waals surface area (Å²) in [6.45, 7) is 1.63. The highest BCUT2D eigenvalue weighted by atomic mass is 35.5. The minimum Gasteiger partial charge on any atom is -0.393 e. The number of aromatic nitrogens is 3. The van der Waals surface area contributed by atoms with Crippen molar-refractivity contribution in [2.75, 3.05) is 18.0 Å². The average molecular weight is 275 g/mol. The Balaban J connectivity index is 1.82. The molecule has 5 nitrogen and oxygen atoms in total.